The summed E-state index contributed by atoms with van der Waals surface area (Å²) in [5.41, 5.74) is 1.19. The first kappa shape index (κ1) is 23.7. The summed E-state index contributed by atoms with van der Waals surface area (Å²) < 4.78 is 31.0. The average Bonchev–Trinajstić information content (AvgIpc) is 2.66. The summed E-state index contributed by atoms with van der Waals surface area (Å²) in [6.07, 6.45) is 1.16. The minimum absolute atomic E-state index is 0.0185. The van der Waals surface area contributed by atoms with Crippen molar-refractivity contribution < 1.29 is 18.6 Å². The van der Waals surface area contributed by atoms with Crippen LogP contribution in [0.15, 0.2) is 30.3 Å². The van der Waals surface area contributed by atoms with Crippen LogP contribution < -0.4 is 14.8 Å². The first-order valence-electron chi connectivity index (χ1n) is 9.75. The van der Waals surface area contributed by atoms with Crippen LogP contribution in [0.5, 0.6) is 11.5 Å². The summed E-state index contributed by atoms with van der Waals surface area (Å²) in [5.74, 6) is 0.596. The summed E-state index contributed by atoms with van der Waals surface area (Å²) in [6.45, 7) is 8.51. The molecule has 29 heavy (non-hydrogen) atoms. The lowest BCUT2D eigenvalue weighted by atomic mass is 10.2. The highest BCUT2D eigenvalue weighted by atomic mass is 35.5. The first-order chi connectivity index (χ1) is 13.9. The minimum Gasteiger partial charge on any atom is -0.490 e. The highest BCUT2D eigenvalue weighted by Crippen LogP contribution is 2.35. The van der Waals surface area contributed by atoms with Crippen LogP contribution >= 0.6 is 23.2 Å². The van der Waals surface area contributed by atoms with Gasteiger partial charge in [0.25, 0.3) is 0 Å². The third-order valence-corrected chi connectivity index (χ3v) is 4.82. The summed E-state index contributed by atoms with van der Waals surface area (Å²) >= 11 is 12.5. The van der Waals surface area contributed by atoms with E-state index in [1.165, 1.54) is 6.07 Å². The van der Waals surface area contributed by atoms with E-state index in [0.717, 1.165) is 18.5 Å². The Hall–Kier alpha value is -1.53. The fourth-order valence-electron chi connectivity index (χ4n) is 2.65. The van der Waals surface area contributed by atoms with Crippen LogP contribution in [-0.4, -0.2) is 25.9 Å². The summed E-state index contributed by atoms with van der Waals surface area (Å²) in [5, 5.41) is 4.22. The van der Waals surface area contributed by atoms with E-state index >= 15 is 0 Å². The molecule has 0 aromatic heterocycles. The standard InChI is InChI=1S/C22H28Cl2FNO3/c1-4-27-21-11-16(13-26-9-6-10-28-15(2)3)19(24)12-22(21)29-14-17-18(23)7-5-8-20(17)25/h5,7-8,11-12,15,26H,4,6,9-10,13-14H2,1-3H3. The molecule has 2 rings (SSSR count). The van der Waals surface area contributed by atoms with Crippen molar-refractivity contribution >= 4 is 23.2 Å². The third-order valence-electron chi connectivity index (χ3n) is 4.11. The predicted octanol–water partition coefficient (Wildman–Crippen LogP) is 6.01. The fourth-order valence-corrected chi connectivity index (χ4v) is 3.09. The van der Waals surface area contributed by atoms with Gasteiger partial charge in [-0.25, -0.2) is 4.39 Å². The minimum atomic E-state index is -0.413. The number of hydrogen-bond acceptors (Lipinski definition) is 4. The molecule has 7 heteroatoms. The van der Waals surface area contributed by atoms with Gasteiger partial charge in [0.1, 0.15) is 12.4 Å². The number of ether oxygens (including phenoxy) is 3. The lowest BCUT2D eigenvalue weighted by Crippen LogP contribution is -2.17. The highest BCUT2D eigenvalue weighted by molar-refractivity contribution is 6.31. The Morgan fingerprint density at radius 2 is 1.83 bits per heavy atom. The molecule has 0 aliphatic heterocycles. The number of halogens is 3. The van der Waals surface area contributed by atoms with Crippen LogP contribution in [0.1, 0.15) is 38.3 Å². The summed E-state index contributed by atoms with van der Waals surface area (Å²) in [6, 6.07) is 8.07. The number of rotatable bonds is 12. The molecule has 0 spiro atoms. The Labute approximate surface area is 182 Å². The van der Waals surface area contributed by atoms with Gasteiger partial charge in [-0.3, -0.25) is 0 Å². The SMILES string of the molecule is CCOc1cc(CNCCCOC(C)C)c(Cl)cc1OCc1c(F)cccc1Cl. The van der Waals surface area contributed by atoms with Gasteiger partial charge in [0.2, 0.25) is 0 Å². The van der Waals surface area contributed by atoms with Crippen LogP contribution in [0.3, 0.4) is 0 Å². The van der Waals surface area contributed by atoms with Gasteiger partial charge in [-0.05, 0) is 57.5 Å². The zero-order chi connectivity index (χ0) is 21.2. The van der Waals surface area contributed by atoms with E-state index < -0.39 is 5.82 Å². The topological polar surface area (TPSA) is 39.7 Å². The zero-order valence-corrected chi connectivity index (χ0v) is 18.6. The molecule has 0 aliphatic carbocycles. The zero-order valence-electron chi connectivity index (χ0n) is 17.1. The molecular formula is C22H28Cl2FNO3. The molecule has 0 fully saturated rings. The van der Waals surface area contributed by atoms with Crippen molar-refractivity contribution in [3.8, 4) is 11.5 Å². The number of nitrogens with one attached hydrogen (secondary N) is 1. The maximum atomic E-state index is 14.0. The highest BCUT2D eigenvalue weighted by Gasteiger charge is 2.14. The lowest BCUT2D eigenvalue weighted by Gasteiger charge is -2.16. The van der Waals surface area contributed by atoms with Crippen LogP contribution in [0.2, 0.25) is 10.0 Å². The summed E-state index contributed by atoms with van der Waals surface area (Å²) in [7, 11) is 0. The van der Waals surface area contributed by atoms with E-state index in [1.54, 1.807) is 18.2 Å². The molecule has 0 aliphatic rings. The van der Waals surface area contributed by atoms with Crippen molar-refractivity contribution in [2.75, 3.05) is 19.8 Å². The molecule has 1 N–H and O–H groups in total. The molecule has 0 amide bonds. The average molecular weight is 444 g/mol. The van der Waals surface area contributed by atoms with Crippen LogP contribution in [-0.2, 0) is 17.9 Å². The fraction of sp³-hybridized carbons (Fsp3) is 0.455. The molecule has 0 heterocycles. The quantitative estimate of drug-likeness (QED) is 0.407. The smallest absolute Gasteiger partial charge is 0.163 e. The second-order valence-electron chi connectivity index (χ2n) is 6.76. The molecular weight excluding hydrogens is 416 g/mol. The molecule has 0 unspecified atom stereocenters. The second kappa shape index (κ2) is 12.2. The normalized spacial score (nSPS) is 11.1. The molecule has 160 valence electrons. The van der Waals surface area contributed by atoms with Gasteiger partial charge < -0.3 is 19.5 Å². The van der Waals surface area contributed by atoms with Crippen molar-refractivity contribution in [1.29, 1.82) is 0 Å². The van der Waals surface area contributed by atoms with Gasteiger partial charge in [-0.2, -0.15) is 0 Å². The maximum Gasteiger partial charge on any atom is 0.163 e. The van der Waals surface area contributed by atoms with Crippen LogP contribution in [0.4, 0.5) is 4.39 Å². The van der Waals surface area contributed by atoms with Crippen molar-refractivity contribution in [1.82, 2.24) is 5.32 Å². The first-order valence-corrected chi connectivity index (χ1v) is 10.5. The largest absolute Gasteiger partial charge is 0.490 e. The third kappa shape index (κ3) is 7.67. The van der Waals surface area contributed by atoms with Gasteiger partial charge >= 0.3 is 0 Å². The van der Waals surface area contributed by atoms with Gasteiger partial charge in [0, 0.05) is 29.8 Å². The Balaban J connectivity index is 2.01. The van der Waals surface area contributed by atoms with Gasteiger partial charge in [0.15, 0.2) is 11.5 Å². The maximum absolute atomic E-state index is 14.0. The Kier molecular flexibility index (Phi) is 10.0. The molecule has 0 radical (unpaired) electrons. The van der Waals surface area contributed by atoms with E-state index in [2.05, 4.69) is 5.32 Å². The van der Waals surface area contributed by atoms with E-state index in [0.29, 0.717) is 46.9 Å². The van der Waals surface area contributed by atoms with Gasteiger partial charge in [-0.1, -0.05) is 29.3 Å². The van der Waals surface area contributed by atoms with E-state index in [1.807, 2.05) is 26.8 Å². The van der Waals surface area contributed by atoms with Crippen molar-refractivity contribution in [2.24, 2.45) is 0 Å². The number of hydrogen-bond donors (Lipinski definition) is 1. The Morgan fingerprint density at radius 3 is 2.52 bits per heavy atom. The van der Waals surface area contributed by atoms with Crippen LogP contribution in [0, 0.1) is 5.82 Å². The van der Waals surface area contributed by atoms with Gasteiger partial charge in [0.05, 0.1) is 17.7 Å². The Morgan fingerprint density at radius 1 is 1.07 bits per heavy atom. The molecule has 0 bridgehead atoms. The molecule has 2 aromatic carbocycles. The van der Waals surface area contributed by atoms with Gasteiger partial charge in [-0.15, -0.1) is 0 Å². The second-order valence-corrected chi connectivity index (χ2v) is 7.58. The Bertz CT molecular complexity index is 767. The van der Waals surface area contributed by atoms with Crippen molar-refractivity contribution in [3.05, 3.63) is 57.3 Å². The number of benzene rings is 2. The monoisotopic (exact) mass is 443 g/mol. The predicted molar refractivity (Wildman–Crippen MR) is 116 cm³/mol. The van der Waals surface area contributed by atoms with E-state index in [-0.39, 0.29) is 12.7 Å². The van der Waals surface area contributed by atoms with Crippen molar-refractivity contribution in [2.45, 2.75) is 46.4 Å². The molecule has 4 nitrogen and oxygen atoms in total. The van der Waals surface area contributed by atoms with Crippen molar-refractivity contribution in [3.63, 3.8) is 0 Å². The molecule has 0 saturated carbocycles. The lowest BCUT2D eigenvalue weighted by molar-refractivity contribution is 0.0770. The molecule has 0 atom stereocenters. The summed E-state index contributed by atoms with van der Waals surface area (Å²) in [4.78, 5) is 0. The van der Waals surface area contributed by atoms with E-state index in [9.17, 15) is 4.39 Å². The molecule has 2 aromatic rings. The molecule has 0 saturated heterocycles. The van der Waals surface area contributed by atoms with E-state index in [4.69, 9.17) is 37.4 Å². The van der Waals surface area contributed by atoms with Crippen LogP contribution in [0.25, 0.3) is 0 Å².